The zero-order chi connectivity index (χ0) is 10.8. The number of hydrogen-bond acceptors (Lipinski definition) is 4. The molecule has 0 amide bonds. The van der Waals surface area contributed by atoms with Crippen molar-refractivity contribution < 1.29 is 10.2 Å². The van der Waals surface area contributed by atoms with Gasteiger partial charge in [-0.3, -0.25) is 0 Å². The Labute approximate surface area is 118 Å². The molecule has 0 radical (unpaired) electrons. The number of aliphatic hydroxyl groups is 2. The van der Waals surface area contributed by atoms with E-state index < -0.39 is 12.2 Å². The first-order chi connectivity index (χ1) is 6.72. The second-order valence-corrected chi connectivity index (χ2v) is 4.51. The fraction of sp³-hybridized carbons (Fsp3) is 1.00. The maximum atomic E-state index is 9.46. The third kappa shape index (κ3) is 11.5. The molecule has 94 valence electrons. The van der Waals surface area contributed by atoms with E-state index in [9.17, 15) is 10.2 Å². The van der Waals surface area contributed by atoms with E-state index in [4.69, 9.17) is 0 Å². The molecule has 0 spiro atoms. The molecule has 0 aromatic heterocycles. The molecule has 7 heteroatoms. The van der Waals surface area contributed by atoms with Crippen LogP contribution in [0, 0.1) is 0 Å². The van der Waals surface area contributed by atoms with Gasteiger partial charge in [0.15, 0.2) is 0 Å². The lowest BCUT2D eigenvalue weighted by Gasteiger charge is -2.18. The van der Waals surface area contributed by atoms with Gasteiger partial charge in [-0.05, 0) is 0 Å². The second kappa shape index (κ2) is 13.3. The summed E-state index contributed by atoms with van der Waals surface area (Å²) in [4.78, 5) is 0. The maximum Gasteiger partial charge on any atom is 0.0935 e. The van der Waals surface area contributed by atoms with Gasteiger partial charge in [0.25, 0.3) is 0 Å². The lowest BCUT2D eigenvalue weighted by Crippen LogP contribution is -2.42. The maximum absolute atomic E-state index is 9.46. The van der Waals surface area contributed by atoms with Gasteiger partial charge in [0, 0.05) is 36.8 Å². The highest BCUT2D eigenvalue weighted by Gasteiger charge is 2.14. The molecular weight excluding hydrogens is 396 g/mol. The van der Waals surface area contributed by atoms with Gasteiger partial charge in [-0.25, -0.2) is 0 Å². The van der Waals surface area contributed by atoms with E-state index in [1.165, 1.54) is 0 Å². The molecule has 0 heterocycles. The zero-order valence-electron chi connectivity index (χ0n) is 8.46. The predicted molar refractivity (Wildman–Crippen MR) is 75.7 cm³/mol. The quantitative estimate of drug-likeness (QED) is 0.323. The van der Waals surface area contributed by atoms with Crippen LogP contribution >= 0.6 is 48.8 Å². The molecule has 15 heavy (non-hydrogen) atoms. The van der Waals surface area contributed by atoms with Crippen LogP contribution in [0.25, 0.3) is 0 Å². The Kier molecular flexibility index (Phi) is 16.6. The highest BCUT2D eigenvalue weighted by atomic mass is 79.9. The summed E-state index contributed by atoms with van der Waals surface area (Å²) in [6.45, 7) is 2.42. The van der Waals surface area contributed by atoms with Crippen LogP contribution in [0.2, 0.25) is 0 Å². The summed E-state index contributed by atoms with van der Waals surface area (Å²) >= 11 is 6.53. The third-order valence-corrected chi connectivity index (χ3v) is 2.49. The summed E-state index contributed by atoms with van der Waals surface area (Å²) in [7, 11) is 0. The minimum Gasteiger partial charge on any atom is -0.389 e. The van der Waals surface area contributed by atoms with Crippen molar-refractivity contribution in [1.29, 1.82) is 0 Å². The van der Waals surface area contributed by atoms with E-state index in [-0.39, 0.29) is 17.0 Å². The summed E-state index contributed by atoms with van der Waals surface area (Å²) < 4.78 is 0. The second-order valence-electron chi connectivity index (χ2n) is 2.92. The van der Waals surface area contributed by atoms with Gasteiger partial charge in [-0.1, -0.05) is 31.9 Å². The summed E-state index contributed by atoms with van der Waals surface area (Å²) in [5.74, 6) is 0. The van der Waals surface area contributed by atoms with E-state index >= 15 is 0 Å². The molecule has 0 saturated carbocycles. The van der Waals surface area contributed by atoms with Gasteiger partial charge < -0.3 is 20.8 Å². The van der Waals surface area contributed by atoms with Gasteiger partial charge in [0.05, 0.1) is 12.2 Å². The zero-order valence-corrected chi connectivity index (χ0v) is 13.3. The monoisotopic (exact) mass is 412 g/mol. The van der Waals surface area contributed by atoms with E-state index in [1.807, 2.05) is 0 Å². The van der Waals surface area contributed by atoms with Gasteiger partial charge in [-0.2, -0.15) is 0 Å². The normalized spacial score (nSPS) is 14.4. The fourth-order valence-corrected chi connectivity index (χ4v) is 1.47. The first kappa shape index (κ1) is 18.6. The highest BCUT2D eigenvalue weighted by molar-refractivity contribution is 9.09. The minimum absolute atomic E-state index is 0. The van der Waals surface area contributed by atoms with Crippen molar-refractivity contribution in [3.63, 3.8) is 0 Å². The smallest absolute Gasteiger partial charge is 0.0935 e. The molecule has 0 unspecified atom stereocenters. The van der Waals surface area contributed by atoms with Crippen molar-refractivity contribution in [3.05, 3.63) is 0 Å². The molecule has 4 nitrogen and oxygen atoms in total. The fourth-order valence-electron chi connectivity index (χ4n) is 0.906. The van der Waals surface area contributed by atoms with Gasteiger partial charge in [0.2, 0.25) is 0 Å². The number of nitrogens with one attached hydrogen (secondary N) is 2. The van der Waals surface area contributed by atoms with Crippen molar-refractivity contribution in [2.45, 2.75) is 12.2 Å². The summed E-state index contributed by atoms with van der Waals surface area (Å²) in [6, 6.07) is 0. The number of aliphatic hydroxyl groups excluding tert-OH is 2. The highest BCUT2D eigenvalue weighted by Crippen LogP contribution is 1.91. The number of rotatable bonds is 9. The van der Waals surface area contributed by atoms with Crippen molar-refractivity contribution in [1.82, 2.24) is 10.6 Å². The summed E-state index contributed by atoms with van der Waals surface area (Å²) in [5, 5.41) is 26.6. The number of alkyl halides is 2. The molecule has 0 bridgehead atoms. The molecule has 4 N–H and O–H groups in total. The average molecular weight is 415 g/mol. The molecule has 0 aromatic carbocycles. The van der Waals surface area contributed by atoms with Crippen LogP contribution in [-0.4, -0.2) is 59.3 Å². The topological polar surface area (TPSA) is 64.5 Å². The minimum atomic E-state index is -0.711. The molecule has 0 rings (SSSR count). The van der Waals surface area contributed by atoms with Crippen LogP contribution in [0.4, 0.5) is 0 Å². The summed E-state index contributed by atoms with van der Waals surface area (Å²) in [5.41, 5.74) is 0. The van der Waals surface area contributed by atoms with Crippen LogP contribution in [0.15, 0.2) is 0 Å². The lowest BCUT2D eigenvalue weighted by atomic mass is 10.2. The molecule has 0 saturated heterocycles. The van der Waals surface area contributed by atoms with Crippen LogP contribution in [0.1, 0.15) is 0 Å². The first-order valence-electron chi connectivity index (χ1n) is 4.61. The van der Waals surface area contributed by atoms with Crippen LogP contribution < -0.4 is 10.6 Å². The van der Waals surface area contributed by atoms with Gasteiger partial charge in [-0.15, -0.1) is 17.0 Å². The van der Waals surface area contributed by atoms with Gasteiger partial charge >= 0.3 is 0 Å². The van der Waals surface area contributed by atoms with Crippen LogP contribution in [0.3, 0.4) is 0 Å². The number of halogens is 3. The van der Waals surface area contributed by atoms with Crippen molar-refractivity contribution in [2.75, 3.05) is 36.8 Å². The average Bonchev–Trinajstić information content (AvgIpc) is 2.18. The molecular formula is C8H19Br3N2O2. The van der Waals surface area contributed by atoms with Gasteiger partial charge in [0.1, 0.15) is 0 Å². The Hall–Kier alpha value is 1.28. The molecule has 0 aromatic rings. The summed E-state index contributed by atoms with van der Waals surface area (Å²) in [6.07, 6.45) is -1.42. The Morgan fingerprint density at radius 1 is 0.867 bits per heavy atom. The molecule has 2 atom stereocenters. The largest absolute Gasteiger partial charge is 0.389 e. The van der Waals surface area contributed by atoms with Crippen molar-refractivity contribution in [3.8, 4) is 0 Å². The van der Waals surface area contributed by atoms with E-state index in [2.05, 4.69) is 42.5 Å². The van der Waals surface area contributed by atoms with Crippen LogP contribution in [0.5, 0.6) is 0 Å². The first-order valence-corrected chi connectivity index (χ1v) is 6.86. The van der Waals surface area contributed by atoms with E-state index in [0.29, 0.717) is 13.1 Å². The lowest BCUT2D eigenvalue weighted by molar-refractivity contribution is 0.0216. The molecule has 0 aliphatic rings. The van der Waals surface area contributed by atoms with Crippen molar-refractivity contribution >= 4 is 48.8 Å². The van der Waals surface area contributed by atoms with Crippen LogP contribution in [-0.2, 0) is 0 Å². The molecule has 0 fully saturated rings. The van der Waals surface area contributed by atoms with E-state index in [1.54, 1.807) is 0 Å². The van der Waals surface area contributed by atoms with E-state index in [0.717, 1.165) is 23.7 Å². The standard InChI is InChI=1S/C8H18Br2N2O2.BrH/c9-1-3-11-5-7(13)8(14)6-12-4-2-10;/h7-8,11-14H,1-6H2;1H/t7-,8+;. The molecule has 0 aliphatic heterocycles. The Morgan fingerprint density at radius 2 is 1.20 bits per heavy atom. The molecule has 0 aliphatic carbocycles. The third-order valence-electron chi connectivity index (χ3n) is 1.69. The Balaban J connectivity index is 0. The Bertz CT molecular complexity index is 118. The predicted octanol–water partition coefficient (Wildman–Crippen LogP) is 0.255. The Morgan fingerprint density at radius 3 is 1.47 bits per heavy atom. The van der Waals surface area contributed by atoms with Crippen molar-refractivity contribution in [2.24, 2.45) is 0 Å². The SMILES string of the molecule is Br.O[C@H](CNCCBr)[C@@H](O)CNCCBr. The number of hydrogen-bond donors (Lipinski definition) is 4.